The second-order valence-electron chi connectivity index (χ2n) is 5.56. The summed E-state index contributed by atoms with van der Waals surface area (Å²) in [6.07, 6.45) is 0. The number of methoxy groups -OCH3 is 3. The third-order valence-corrected chi connectivity index (χ3v) is 4.72. The van der Waals surface area contributed by atoms with Crippen molar-refractivity contribution in [3.05, 3.63) is 35.4 Å². The van der Waals surface area contributed by atoms with E-state index in [1.807, 2.05) is 19.1 Å². The van der Waals surface area contributed by atoms with Gasteiger partial charge in [-0.1, -0.05) is 11.3 Å². The van der Waals surface area contributed by atoms with E-state index in [0.717, 1.165) is 15.8 Å². The van der Waals surface area contributed by atoms with E-state index in [9.17, 15) is 4.79 Å². The lowest BCUT2D eigenvalue weighted by molar-refractivity contribution is 0.102. The monoisotopic (exact) mass is 373 g/mol. The number of rotatable bonds is 5. The summed E-state index contributed by atoms with van der Waals surface area (Å²) in [4.78, 5) is 17.0. The van der Waals surface area contributed by atoms with E-state index < -0.39 is 0 Å². The van der Waals surface area contributed by atoms with Crippen molar-refractivity contribution < 1.29 is 19.0 Å². The molecule has 7 nitrogen and oxygen atoms in total. The Morgan fingerprint density at radius 3 is 2.31 bits per heavy atom. The molecule has 1 aromatic heterocycles. The van der Waals surface area contributed by atoms with Crippen LogP contribution in [-0.2, 0) is 0 Å². The van der Waals surface area contributed by atoms with E-state index in [1.165, 1.54) is 32.7 Å². The Kier molecular flexibility index (Phi) is 4.85. The Balaban J connectivity index is 1.95. The highest BCUT2D eigenvalue weighted by Crippen LogP contribution is 2.38. The Bertz CT molecular complexity index is 959. The number of nitrogen functional groups attached to an aromatic ring is 1. The molecule has 0 aliphatic carbocycles. The van der Waals surface area contributed by atoms with Crippen LogP contribution in [0.15, 0.2) is 24.3 Å². The van der Waals surface area contributed by atoms with E-state index in [0.29, 0.717) is 33.6 Å². The molecule has 0 saturated heterocycles. The zero-order valence-electron chi connectivity index (χ0n) is 14.9. The molecule has 0 spiro atoms. The fourth-order valence-corrected chi connectivity index (χ4v) is 3.55. The summed E-state index contributed by atoms with van der Waals surface area (Å²) < 4.78 is 16.8. The predicted molar refractivity (Wildman–Crippen MR) is 103 cm³/mol. The van der Waals surface area contributed by atoms with Crippen LogP contribution in [0, 0.1) is 6.92 Å². The van der Waals surface area contributed by atoms with Crippen LogP contribution in [0.5, 0.6) is 17.2 Å². The number of anilines is 2. The number of nitrogens with zero attached hydrogens (tertiary/aromatic N) is 1. The van der Waals surface area contributed by atoms with Gasteiger partial charge in [0.25, 0.3) is 5.91 Å². The summed E-state index contributed by atoms with van der Waals surface area (Å²) in [7, 11) is 4.52. The van der Waals surface area contributed by atoms with Gasteiger partial charge in [-0.05, 0) is 36.8 Å². The molecule has 0 aliphatic rings. The van der Waals surface area contributed by atoms with Crippen molar-refractivity contribution in [2.24, 2.45) is 0 Å². The normalized spacial score (nSPS) is 10.6. The van der Waals surface area contributed by atoms with Crippen LogP contribution in [0.2, 0.25) is 0 Å². The van der Waals surface area contributed by atoms with Crippen molar-refractivity contribution >= 4 is 38.3 Å². The maximum atomic E-state index is 12.7. The summed E-state index contributed by atoms with van der Waals surface area (Å²) in [6.45, 7) is 1.93. The molecule has 26 heavy (non-hydrogen) atoms. The Morgan fingerprint density at radius 1 is 1.08 bits per heavy atom. The highest BCUT2D eigenvalue weighted by Gasteiger charge is 2.17. The van der Waals surface area contributed by atoms with Crippen molar-refractivity contribution in [2.75, 3.05) is 32.4 Å². The smallest absolute Gasteiger partial charge is 0.255 e. The number of carbonyl (C=O) groups is 1. The van der Waals surface area contributed by atoms with Crippen molar-refractivity contribution in [2.45, 2.75) is 6.92 Å². The molecule has 1 amide bonds. The van der Waals surface area contributed by atoms with Gasteiger partial charge in [-0.2, -0.15) is 0 Å². The maximum absolute atomic E-state index is 12.7. The number of amides is 1. The van der Waals surface area contributed by atoms with E-state index in [1.54, 1.807) is 12.1 Å². The number of ether oxygens (including phenoxy) is 3. The van der Waals surface area contributed by atoms with Crippen molar-refractivity contribution in [3.8, 4) is 17.2 Å². The average molecular weight is 373 g/mol. The van der Waals surface area contributed by atoms with E-state index in [4.69, 9.17) is 19.9 Å². The van der Waals surface area contributed by atoms with Crippen LogP contribution in [0.25, 0.3) is 10.2 Å². The van der Waals surface area contributed by atoms with Crippen LogP contribution >= 0.6 is 11.3 Å². The summed E-state index contributed by atoms with van der Waals surface area (Å²) in [5.74, 6) is 0.974. The molecule has 3 rings (SSSR count). The van der Waals surface area contributed by atoms with Gasteiger partial charge in [-0.15, -0.1) is 0 Å². The number of aromatic nitrogens is 1. The number of benzene rings is 2. The lowest BCUT2D eigenvalue weighted by Crippen LogP contribution is -2.12. The van der Waals surface area contributed by atoms with Crippen LogP contribution < -0.4 is 25.3 Å². The summed E-state index contributed by atoms with van der Waals surface area (Å²) in [5, 5.41) is 3.38. The summed E-state index contributed by atoms with van der Waals surface area (Å²) >= 11 is 1.38. The minimum absolute atomic E-state index is 0.291. The Labute approximate surface area is 154 Å². The molecule has 0 atom stereocenters. The molecule has 0 bridgehead atoms. The minimum Gasteiger partial charge on any atom is -0.493 e. The Hall–Kier alpha value is -3.00. The minimum atomic E-state index is -0.291. The third-order valence-electron chi connectivity index (χ3n) is 3.89. The van der Waals surface area contributed by atoms with Crippen LogP contribution in [0.3, 0.4) is 0 Å². The molecule has 0 aliphatic heterocycles. The molecule has 0 saturated carbocycles. The highest BCUT2D eigenvalue weighted by atomic mass is 32.1. The number of aryl methyl sites for hydroxylation is 1. The molecule has 1 heterocycles. The van der Waals surface area contributed by atoms with Crippen molar-refractivity contribution in [1.29, 1.82) is 0 Å². The summed E-state index contributed by atoms with van der Waals surface area (Å²) in [6, 6.07) is 6.92. The van der Waals surface area contributed by atoms with Gasteiger partial charge in [0.2, 0.25) is 5.75 Å². The SMILES string of the molecule is COc1cc(C(=O)Nc2cc(C)c3nc(N)sc3c2)cc(OC)c1OC. The van der Waals surface area contributed by atoms with Gasteiger partial charge in [0.1, 0.15) is 0 Å². The molecule has 8 heteroatoms. The molecule has 0 fully saturated rings. The lowest BCUT2D eigenvalue weighted by Gasteiger charge is -2.14. The molecule has 3 aromatic rings. The van der Waals surface area contributed by atoms with Gasteiger partial charge in [-0.25, -0.2) is 4.98 Å². The number of thiazole rings is 1. The molecule has 136 valence electrons. The number of nitrogens with one attached hydrogen (secondary N) is 1. The molecule has 2 aromatic carbocycles. The topological polar surface area (TPSA) is 95.7 Å². The van der Waals surface area contributed by atoms with Gasteiger partial charge >= 0.3 is 0 Å². The zero-order chi connectivity index (χ0) is 18.8. The molecule has 3 N–H and O–H groups in total. The van der Waals surface area contributed by atoms with Gasteiger partial charge in [-0.3, -0.25) is 4.79 Å². The van der Waals surface area contributed by atoms with Gasteiger partial charge < -0.3 is 25.3 Å². The van der Waals surface area contributed by atoms with E-state index in [2.05, 4.69) is 10.3 Å². The number of hydrogen-bond donors (Lipinski definition) is 2. The second-order valence-corrected chi connectivity index (χ2v) is 6.62. The fraction of sp³-hybridized carbons (Fsp3) is 0.222. The maximum Gasteiger partial charge on any atom is 0.255 e. The van der Waals surface area contributed by atoms with E-state index in [-0.39, 0.29) is 5.91 Å². The van der Waals surface area contributed by atoms with Crippen molar-refractivity contribution in [3.63, 3.8) is 0 Å². The summed E-state index contributed by atoms with van der Waals surface area (Å²) in [5.41, 5.74) is 8.61. The quantitative estimate of drug-likeness (QED) is 0.711. The van der Waals surface area contributed by atoms with Crippen molar-refractivity contribution in [1.82, 2.24) is 4.98 Å². The number of carbonyl (C=O) groups excluding carboxylic acids is 1. The molecular weight excluding hydrogens is 354 g/mol. The first-order chi connectivity index (χ1) is 12.5. The average Bonchev–Trinajstić information content (AvgIpc) is 3.01. The number of nitrogens with two attached hydrogens (primary N) is 1. The third kappa shape index (κ3) is 3.23. The first-order valence-corrected chi connectivity index (χ1v) is 8.56. The molecule has 0 radical (unpaired) electrons. The zero-order valence-corrected chi connectivity index (χ0v) is 15.7. The van der Waals surface area contributed by atoms with Crippen LogP contribution in [0.1, 0.15) is 15.9 Å². The standard InChI is InChI=1S/C18H19N3O4S/c1-9-5-11(8-14-15(9)21-18(19)26-14)20-17(22)10-6-12(23-2)16(25-4)13(7-10)24-3/h5-8H,1-4H3,(H2,19,21)(H,20,22). The number of hydrogen-bond acceptors (Lipinski definition) is 7. The van der Waals surface area contributed by atoms with Gasteiger partial charge in [0, 0.05) is 11.3 Å². The first-order valence-electron chi connectivity index (χ1n) is 7.74. The highest BCUT2D eigenvalue weighted by molar-refractivity contribution is 7.22. The van der Waals surface area contributed by atoms with Crippen LogP contribution in [0.4, 0.5) is 10.8 Å². The van der Waals surface area contributed by atoms with E-state index >= 15 is 0 Å². The second kappa shape index (κ2) is 7.09. The fourth-order valence-electron chi connectivity index (χ4n) is 2.70. The molecule has 0 unspecified atom stereocenters. The first kappa shape index (κ1) is 17.8. The van der Waals surface area contributed by atoms with Crippen LogP contribution in [-0.4, -0.2) is 32.2 Å². The lowest BCUT2D eigenvalue weighted by atomic mass is 10.1. The van der Waals surface area contributed by atoms with Gasteiger partial charge in [0.15, 0.2) is 16.6 Å². The molecular formula is C18H19N3O4S. The number of fused-ring (bicyclic) bond motifs is 1. The Morgan fingerprint density at radius 2 is 1.73 bits per heavy atom. The largest absolute Gasteiger partial charge is 0.493 e. The van der Waals surface area contributed by atoms with Gasteiger partial charge in [0.05, 0.1) is 31.5 Å². The predicted octanol–water partition coefficient (Wildman–Crippen LogP) is 3.47.